The monoisotopic (exact) mass is 462 g/mol. The van der Waals surface area contributed by atoms with Gasteiger partial charge in [-0.2, -0.15) is 0 Å². The van der Waals surface area contributed by atoms with E-state index >= 15 is 0 Å². The van der Waals surface area contributed by atoms with Crippen molar-refractivity contribution >= 4 is 39.6 Å². The fraction of sp³-hybridized carbons (Fsp3) is 0.286. The summed E-state index contributed by atoms with van der Waals surface area (Å²) in [6, 6.07) is 11.7. The fourth-order valence-corrected chi connectivity index (χ4v) is 2.88. The maximum atomic E-state index is 12.3. The first-order chi connectivity index (χ1) is 13.6. The number of carbonyl (C=O) groups is 3. The maximum Gasteiger partial charge on any atom is 0.412 e. The molecule has 2 aromatic carbocycles. The minimum absolute atomic E-state index is 0.280. The highest BCUT2D eigenvalue weighted by Crippen LogP contribution is 2.20. The van der Waals surface area contributed by atoms with Gasteiger partial charge in [0.2, 0.25) is 0 Å². The summed E-state index contributed by atoms with van der Waals surface area (Å²) < 4.78 is 10.4. The highest BCUT2D eigenvalue weighted by Gasteiger charge is 2.16. The first-order valence-corrected chi connectivity index (χ1v) is 9.63. The van der Waals surface area contributed by atoms with E-state index in [1.165, 1.54) is 13.2 Å². The van der Waals surface area contributed by atoms with E-state index in [1.54, 1.807) is 57.2 Å². The van der Waals surface area contributed by atoms with Crippen LogP contribution in [-0.4, -0.2) is 30.7 Å². The van der Waals surface area contributed by atoms with Crippen LogP contribution < -0.4 is 10.6 Å². The number of nitrogens with one attached hydrogen (secondary N) is 2. The number of esters is 1. The van der Waals surface area contributed by atoms with Gasteiger partial charge in [-0.05, 0) is 72.6 Å². The van der Waals surface area contributed by atoms with Crippen LogP contribution in [0.1, 0.15) is 47.1 Å². The Morgan fingerprint density at radius 3 is 2.24 bits per heavy atom. The fourth-order valence-electron chi connectivity index (χ4n) is 2.34. The summed E-state index contributed by atoms with van der Waals surface area (Å²) in [6.07, 6.45) is -0.528. The largest absolute Gasteiger partial charge is 0.465 e. The quantitative estimate of drug-likeness (QED) is 0.637. The lowest BCUT2D eigenvalue weighted by molar-refractivity contribution is 0.0597. The van der Waals surface area contributed by atoms with Gasteiger partial charge in [0.05, 0.1) is 12.7 Å². The van der Waals surface area contributed by atoms with Crippen LogP contribution in [0.15, 0.2) is 46.9 Å². The van der Waals surface area contributed by atoms with Crippen molar-refractivity contribution in [3.05, 3.63) is 63.6 Å². The van der Waals surface area contributed by atoms with E-state index in [1.807, 2.05) is 0 Å². The summed E-state index contributed by atoms with van der Waals surface area (Å²) in [6.45, 7) is 5.68. The van der Waals surface area contributed by atoms with E-state index in [2.05, 4.69) is 31.3 Å². The van der Waals surface area contributed by atoms with Gasteiger partial charge < -0.3 is 14.8 Å². The molecule has 8 heteroatoms. The van der Waals surface area contributed by atoms with Crippen molar-refractivity contribution in [3.63, 3.8) is 0 Å². The minimum atomic E-state index is -0.571. The van der Waals surface area contributed by atoms with Crippen LogP contribution in [0.25, 0.3) is 0 Å². The van der Waals surface area contributed by atoms with E-state index < -0.39 is 17.7 Å². The van der Waals surface area contributed by atoms with Crippen LogP contribution >= 0.6 is 15.9 Å². The molecule has 0 aliphatic carbocycles. The number of benzene rings is 2. The summed E-state index contributed by atoms with van der Waals surface area (Å²) >= 11 is 3.27. The van der Waals surface area contributed by atoms with Gasteiger partial charge in [-0.25, -0.2) is 9.59 Å². The molecule has 0 bridgehead atoms. The Morgan fingerprint density at radius 1 is 1.03 bits per heavy atom. The van der Waals surface area contributed by atoms with Crippen molar-refractivity contribution in [3.8, 4) is 0 Å². The Morgan fingerprint density at radius 2 is 1.69 bits per heavy atom. The molecule has 0 heterocycles. The molecule has 0 aliphatic rings. The normalized spacial score (nSPS) is 10.8. The van der Waals surface area contributed by atoms with Gasteiger partial charge in [0.25, 0.3) is 5.91 Å². The summed E-state index contributed by atoms with van der Waals surface area (Å²) in [5.41, 5.74) is 1.64. The Labute approximate surface area is 177 Å². The molecule has 0 radical (unpaired) electrons. The van der Waals surface area contributed by atoms with Gasteiger partial charge in [0.15, 0.2) is 0 Å². The molecule has 0 fully saturated rings. The molecule has 0 aromatic heterocycles. The summed E-state index contributed by atoms with van der Waals surface area (Å²) in [5, 5.41) is 5.46. The highest BCUT2D eigenvalue weighted by molar-refractivity contribution is 9.10. The molecule has 29 heavy (non-hydrogen) atoms. The molecule has 2 amide bonds. The molecule has 0 atom stereocenters. The zero-order valence-electron chi connectivity index (χ0n) is 16.7. The third kappa shape index (κ3) is 6.90. The highest BCUT2D eigenvalue weighted by atomic mass is 79.9. The van der Waals surface area contributed by atoms with Crippen molar-refractivity contribution in [2.75, 3.05) is 12.4 Å². The summed E-state index contributed by atoms with van der Waals surface area (Å²) in [7, 11) is 1.30. The van der Waals surface area contributed by atoms with Crippen molar-refractivity contribution in [2.45, 2.75) is 32.9 Å². The van der Waals surface area contributed by atoms with Gasteiger partial charge >= 0.3 is 12.1 Å². The summed E-state index contributed by atoms with van der Waals surface area (Å²) in [5.74, 6) is -0.762. The molecule has 2 rings (SSSR count). The minimum Gasteiger partial charge on any atom is -0.465 e. The first kappa shape index (κ1) is 22.4. The molecular weight excluding hydrogens is 440 g/mol. The zero-order chi connectivity index (χ0) is 21.6. The zero-order valence-corrected chi connectivity index (χ0v) is 18.3. The number of methoxy groups -OCH3 is 1. The predicted octanol–water partition coefficient (Wildman–Crippen LogP) is 4.51. The standard InChI is InChI=1S/C21H23BrN2O5/c1-21(2,3)29-20(27)24-15-8-5-13(6-9-15)12-23-18(25)14-7-10-16(17(22)11-14)19(26)28-4/h5-11H,12H2,1-4H3,(H,23,25)(H,24,27). The third-order valence-corrected chi connectivity index (χ3v) is 4.34. The molecule has 0 spiro atoms. The van der Waals surface area contributed by atoms with Crippen LogP contribution in [-0.2, 0) is 16.0 Å². The summed E-state index contributed by atoms with van der Waals surface area (Å²) in [4.78, 5) is 35.7. The average molecular weight is 463 g/mol. The number of ether oxygens (including phenoxy) is 2. The van der Waals surface area contributed by atoms with Gasteiger partial charge in [0.1, 0.15) is 5.60 Å². The lowest BCUT2D eigenvalue weighted by atomic mass is 10.1. The average Bonchev–Trinajstić information content (AvgIpc) is 2.65. The smallest absolute Gasteiger partial charge is 0.412 e. The van der Waals surface area contributed by atoms with Crippen LogP contribution in [0.5, 0.6) is 0 Å². The number of hydrogen-bond acceptors (Lipinski definition) is 5. The van der Waals surface area contributed by atoms with E-state index in [0.29, 0.717) is 27.8 Å². The number of amides is 2. The number of halogens is 1. The molecule has 2 N–H and O–H groups in total. The second-order valence-corrected chi connectivity index (χ2v) is 8.05. The first-order valence-electron chi connectivity index (χ1n) is 8.84. The van der Waals surface area contributed by atoms with E-state index in [0.717, 1.165) is 5.56 Å². The number of hydrogen-bond donors (Lipinski definition) is 2. The second kappa shape index (κ2) is 9.56. The predicted molar refractivity (Wildman–Crippen MR) is 113 cm³/mol. The SMILES string of the molecule is COC(=O)c1ccc(C(=O)NCc2ccc(NC(=O)OC(C)(C)C)cc2)cc1Br. The van der Waals surface area contributed by atoms with E-state index in [-0.39, 0.29) is 5.91 Å². The molecule has 0 unspecified atom stereocenters. The molecule has 7 nitrogen and oxygen atoms in total. The van der Waals surface area contributed by atoms with Crippen molar-refractivity contribution in [2.24, 2.45) is 0 Å². The molecule has 0 saturated heterocycles. The van der Waals surface area contributed by atoms with Gasteiger partial charge in [-0.15, -0.1) is 0 Å². The van der Waals surface area contributed by atoms with E-state index in [9.17, 15) is 14.4 Å². The Kier molecular flexibility index (Phi) is 7.39. The number of anilines is 1. The lowest BCUT2D eigenvalue weighted by Gasteiger charge is -2.19. The molecule has 0 aliphatic heterocycles. The molecule has 2 aromatic rings. The van der Waals surface area contributed by atoms with Crippen LogP contribution in [0, 0.1) is 0 Å². The third-order valence-electron chi connectivity index (χ3n) is 3.69. The molecular formula is C21H23BrN2O5. The van der Waals surface area contributed by atoms with Crippen molar-refractivity contribution in [1.82, 2.24) is 5.32 Å². The maximum absolute atomic E-state index is 12.3. The van der Waals surface area contributed by atoms with Gasteiger partial charge in [-0.1, -0.05) is 12.1 Å². The number of carbonyl (C=O) groups excluding carboxylic acids is 3. The number of rotatable bonds is 5. The van der Waals surface area contributed by atoms with Crippen molar-refractivity contribution in [1.29, 1.82) is 0 Å². The molecule has 154 valence electrons. The van der Waals surface area contributed by atoms with Crippen LogP contribution in [0.3, 0.4) is 0 Å². The van der Waals surface area contributed by atoms with Gasteiger partial charge in [-0.3, -0.25) is 10.1 Å². The van der Waals surface area contributed by atoms with Crippen molar-refractivity contribution < 1.29 is 23.9 Å². The Hall–Kier alpha value is -2.87. The van der Waals surface area contributed by atoms with Gasteiger partial charge in [0, 0.05) is 22.3 Å². The molecule has 0 saturated carbocycles. The van der Waals surface area contributed by atoms with Crippen LogP contribution in [0.4, 0.5) is 10.5 Å². The Bertz CT molecular complexity index is 904. The lowest BCUT2D eigenvalue weighted by Crippen LogP contribution is -2.27. The Balaban J connectivity index is 1.93. The topological polar surface area (TPSA) is 93.7 Å². The van der Waals surface area contributed by atoms with E-state index in [4.69, 9.17) is 4.74 Å². The second-order valence-electron chi connectivity index (χ2n) is 7.19. The van der Waals surface area contributed by atoms with Crippen LogP contribution in [0.2, 0.25) is 0 Å².